The first-order valence-corrected chi connectivity index (χ1v) is 12.4. The van der Waals surface area contributed by atoms with Crippen molar-refractivity contribution in [2.75, 3.05) is 7.11 Å². The van der Waals surface area contributed by atoms with Gasteiger partial charge in [-0.2, -0.15) is 0 Å². The molecule has 5 aromatic rings. The molecule has 0 fully saturated rings. The van der Waals surface area contributed by atoms with E-state index in [1.807, 2.05) is 79.9 Å². The maximum atomic E-state index is 14.0. The number of Topliss-reactive ketones (excluding diaryl/α,β-unsaturated/α-hetero) is 1. The highest BCUT2D eigenvalue weighted by molar-refractivity contribution is 7.07. The fourth-order valence-corrected chi connectivity index (χ4v) is 6.17. The number of methoxy groups -OCH3 is 1. The van der Waals surface area contributed by atoms with Crippen LogP contribution in [0.1, 0.15) is 31.0 Å². The van der Waals surface area contributed by atoms with Gasteiger partial charge in [-0.3, -0.25) is 14.2 Å². The quantitative estimate of drug-likeness (QED) is 0.401. The molecule has 1 atom stereocenters. The highest BCUT2D eigenvalue weighted by atomic mass is 32.1. The lowest BCUT2D eigenvalue weighted by Crippen LogP contribution is -2.39. The van der Waals surface area contributed by atoms with Crippen LogP contribution in [0.3, 0.4) is 0 Å². The molecule has 0 amide bonds. The first-order valence-electron chi connectivity index (χ1n) is 11.6. The molecule has 0 bridgehead atoms. The Morgan fingerprint density at radius 1 is 1.08 bits per heavy atom. The number of nitrogens with one attached hydrogen (secondary N) is 1. The number of aromatic nitrogens is 2. The zero-order chi connectivity index (χ0) is 25.0. The summed E-state index contributed by atoms with van der Waals surface area (Å²) in [5.41, 5.74) is 3.64. The maximum absolute atomic E-state index is 14.0. The molecule has 0 aliphatic carbocycles. The van der Waals surface area contributed by atoms with E-state index in [1.165, 1.54) is 18.3 Å². The molecule has 7 heteroatoms. The monoisotopic (exact) mass is 493 g/mol. The molecular formula is C29H23N3O3S. The van der Waals surface area contributed by atoms with Crippen molar-refractivity contribution in [2.24, 2.45) is 4.99 Å². The Morgan fingerprint density at radius 2 is 1.83 bits per heavy atom. The number of hydrogen-bond acceptors (Lipinski definition) is 5. The van der Waals surface area contributed by atoms with Gasteiger partial charge in [0.2, 0.25) is 0 Å². The van der Waals surface area contributed by atoms with E-state index >= 15 is 0 Å². The summed E-state index contributed by atoms with van der Waals surface area (Å²) in [5.74, 6) is 0.500. The molecule has 3 heterocycles. The van der Waals surface area contributed by atoms with E-state index in [9.17, 15) is 9.59 Å². The van der Waals surface area contributed by atoms with E-state index in [4.69, 9.17) is 9.73 Å². The predicted molar refractivity (Wildman–Crippen MR) is 143 cm³/mol. The minimum Gasteiger partial charge on any atom is -0.496 e. The van der Waals surface area contributed by atoms with Crippen molar-refractivity contribution in [2.45, 2.75) is 19.9 Å². The highest BCUT2D eigenvalue weighted by Crippen LogP contribution is 2.40. The maximum Gasteiger partial charge on any atom is 0.271 e. The molecule has 1 unspecified atom stereocenters. The number of carbonyl (C=O) groups excluding carboxylic acids is 1. The number of fused-ring (bicyclic) bond motifs is 3. The molecule has 3 aromatic carbocycles. The van der Waals surface area contributed by atoms with Gasteiger partial charge < -0.3 is 9.72 Å². The average molecular weight is 494 g/mol. The van der Waals surface area contributed by atoms with E-state index in [0.29, 0.717) is 26.4 Å². The smallest absolute Gasteiger partial charge is 0.271 e. The van der Waals surface area contributed by atoms with Gasteiger partial charge in [0.25, 0.3) is 5.56 Å². The van der Waals surface area contributed by atoms with Gasteiger partial charge in [-0.05, 0) is 42.8 Å². The van der Waals surface area contributed by atoms with Gasteiger partial charge in [0.15, 0.2) is 10.6 Å². The molecule has 0 spiro atoms. The molecule has 1 N–H and O–H groups in total. The summed E-state index contributed by atoms with van der Waals surface area (Å²) in [5, 5.41) is 2.98. The number of hydrogen-bond donors (Lipinski definition) is 1. The summed E-state index contributed by atoms with van der Waals surface area (Å²) < 4.78 is 7.98. The number of thiazole rings is 1. The van der Waals surface area contributed by atoms with Crippen molar-refractivity contribution in [1.82, 2.24) is 9.55 Å². The van der Waals surface area contributed by atoms with Gasteiger partial charge in [0.1, 0.15) is 5.75 Å². The number of aromatic amines is 1. The number of benzene rings is 3. The van der Waals surface area contributed by atoms with Crippen LogP contribution in [0.15, 0.2) is 87.9 Å². The molecular weight excluding hydrogens is 470 g/mol. The van der Waals surface area contributed by atoms with Crippen molar-refractivity contribution in [3.05, 3.63) is 109 Å². The fourth-order valence-electron chi connectivity index (χ4n) is 5.13. The van der Waals surface area contributed by atoms with Crippen LogP contribution < -0.4 is 19.6 Å². The fraction of sp³-hybridized carbons (Fsp3) is 0.138. The summed E-state index contributed by atoms with van der Waals surface area (Å²) in [4.78, 5) is 35.5. The van der Waals surface area contributed by atoms with E-state index < -0.39 is 6.04 Å². The second-order valence-corrected chi connectivity index (χ2v) is 9.84. The topological polar surface area (TPSA) is 76.4 Å². The van der Waals surface area contributed by atoms with Gasteiger partial charge in [-0.1, -0.05) is 59.9 Å². The number of H-pyrrole nitrogens is 1. The third-order valence-electron chi connectivity index (χ3n) is 6.73. The SMILES string of the molecule is COc1ccc2ccccc2c1C1C(C(C)=O)=C(C)N=c2s/c(=C\c3c[nH]c4ccccc34)c(=O)n21. The number of nitrogens with zero attached hydrogens (tertiary/aromatic N) is 2. The van der Waals surface area contributed by atoms with Crippen LogP contribution in [-0.4, -0.2) is 22.4 Å². The zero-order valence-electron chi connectivity index (χ0n) is 20.0. The Labute approximate surface area is 210 Å². The summed E-state index contributed by atoms with van der Waals surface area (Å²) in [7, 11) is 1.61. The number of ketones is 1. The Kier molecular flexibility index (Phi) is 5.23. The molecule has 0 saturated heterocycles. The van der Waals surface area contributed by atoms with Crippen LogP contribution in [0.2, 0.25) is 0 Å². The Bertz CT molecular complexity index is 1910. The Balaban J connectivity index is 1.68. The minimum atomic E-state index is -0.648. The standard InChI is InChI=1S/C29H23N3O3S/c1-16-25(17(2)33)27(26-21-10-5-4-8-18(21)12-13-23(26)35-3)32-28(34)24(36-29(32)31-16)14-19-15-30-22-11-7-6-9-20(19)22/h4-15,27,30H,1-3H3/b24-14-. The second kappa shape index (κ2) is 8.46. The summed E-state index contributed by atoms with van der Waals surface area (Å²) in [6, 6.07) is 19.2. The molecule has 36 heavy (non-hydrogen) atoms. The van der Waals surface area contributed by atoms with E-state index in [1.54, 1.807) is 11.7 Å². The van der Waals surface area contributed by atoms with E-state index in [-0.39, 0.29) is 11.3 Å². The van der Waals surface area contributed by atoms with Crippen LogP contribution in [0, 0.1) is 0 Å². The van der Waals surface area contributed by atoms with Gasteiger partial charge in [-0.15, -0.1) is 0 Å². The number of carbonyl (C=O) groups is 1. The Hall–Kier alpha value is -4.23. The highest BCUT2D eigenvalue weighted by Gasteiger charge is 2.33. The van der Waals surface area contributed by atoms with Crippen molar-refractivity contribution < 1.29 is 9.53 Å². The largest absolute Gasteiger partial charge is 0.496 e. The number of ether oxygens (including phenoxy) is 1. The van der Waals surface area contributed by atoms with Crippen LogP contribution in [-0.2, 0) is 4.79 Å². The third kappa shape index (κ3) is 3.35. The zero-order valence-corrected chi connectivity index (χ0v) is 20.8. The molecule has 6 nitrogen and oxygen atoms in total. The van der Waals surface area contributed by atoms with Crippen molar-refractivity contribution in [3.8, 4) is 5.75 Å². The molecule has 2 aromatic heterocycles. The summed E-state index contributed by atoms with van der Waals surface area (Å²) in [6.45, 7) is 3.36. The lowest BCUT2D eigenvalue weighted by molar-refractivity contribution is -0.114. The van der Waals surface area contributed by atoms with E-state index in [2.05, 4.69) is 4.98 Å². The number of rotatable bonds is 4. The van der Waals surface area contributed by atoms with Gasteiger partial charge in [0, 0.05) is 39.5 Å². The molecule has 1 aliphatic heterocycles. The minimum absolute atomic E-state index is 0.123. The van der Waals surface area contributed by atoms with Gasteiger partial charge in [0.05, 0.1) is 17.7 Å². The second-order valence-electron chi connectivity index (χ2n) is 8.83. The van der Waals surface area contributed by atoms with Crippen LogP contribution >= 0.6 is 11.3 Å². The number of para-hydroxylation sites is 1. The molecule has 178 valence electrons. The summed E-state index contributed by atoms with van der Waals surface area (Å²) in [6.07, 6.45) is 3.80. The molecule has 0 radical (unpaired) electrons. The predicted octanol–water partition coefficient (Wildman–Crippen LogP) is 4.47. The first kappa shape index (κ1) is 22.2. The lowest BCUT2D eigenvalue weighted by atomic mass is 9.89. The van der Waals surface area contributed by atoms with Crippen LogP contribution in [0.25, 0.3) is 27.8 Å². The van der Waals surface area contributed by atoms with Crippen molar-refractivity contribution >= 4 is 44.9 Å². The first-order chi connectivity index (χ1) is 17.5. The average Bonchev–Trinajstić information content (AvgIpc) is 3.43. The molecule has 0 saturated carbocycles. The van der Waals surface area contributed by atoms with Crippen LogP contribution in [0.4, 0.5) is 0 Å². The van der Waals surface area contributed by atoms with Crippen molar-refractivity contribution in [3.63, 3.8) is 0 Å². The third-order valence-corrected chi connectivity index (χ3v) is 7.72. The summed E-state index contributed by atoms with van der Waals surface area (Å²) >= 11 is 1.33. The lowest BCUT2D eigenvalue weighted by Gasteiger charge is -2.27. The molecule has 1 aliphatic rings. The van der Waals surface area contributed by atoms with Gasteiger partial charge in [-0.25, -0.2) is 4.99 Å². The molecule has 6 rings (SSSR count). The van der Waals surface area contributed by atoms with Gasteiger partial charge >= 0.3 is 0 Å². The normalized spacial score (nSPS) is 15.9. The Morgan fingerprint density at radius 3 is 2.61 bits per heavy atom. The van der Waals surface area contributed by atoms with E-state index in [0.717, 1.165) is 32.8 Å². The number of allylic oxidation sites excluding steroid dienone is 2. The van der Waals surface area contributed by atoms with Crippen LogP contribution in [0.5, 0.6) is 5.75 Å². The van der Waals surface area contributed by atoms with Crippen molar-refractivity contribution in [1.29, 1.82) is 0 Å².